The molecule has 0 spiro atoms. The molecule has 0 unspecified atom stereocenters. The van der Waals surface area contributed by atoms with Crippen molar-refractivity contribution in [1.82, 2.24) is 4.68 Å². The Balaban J connectivity index is 3.43. The van der Waals surface area contributed by atoms with Crippen molar-refractivity contribution < 1.29 is 13.0 Å². The van der Waals surface area contributed by atoms with Crippen LogP contribution >= 0.6 is 0 Å². The van der Waals surface area contributed by atoms with E-state index in [-0.39, 0.29) is 0 Å². The van der Waals surface area contributed by atoms with Crippen LogP contribution < -0.4 is 11.4 Å². The van der Waals surface area contributed by atoms with Gasteiger partial charge in [0.25, 0.3) is 15.7 Å². The summed E-state index contributed by atoms with van der Waals surface area (Å²) in [4.78, 5) is 10.3. The molecule has 0 fully saturated rings. The van der Waals surface area contributed by atoms with Crippen molar-refractivity contribution in [2.75, 3.05) is 5.84 Å². The minimum atomic E-state index is -4.31. The smallest absolute Gasteiger partial charge is 0.294 e. The average molecular weight is 190 g/mol. The third kappa shape index (κ3) is 1.63. The lowest BCUT2D eigenvalue weighted by molar-refractivity contribution is 0.482. The average Bonchev–Trinajstić information content (AvgIpc) is 1.92. The van der Waals surface area contributed by atoms with E-state index in [0.29, 0.717) is 4.68 Å². The van der Waals surface area contributed by atoms with E-state index in [9.17, 15) is 13.2 Å². The summed E-state index contributed by atoms with van der Waals surface area (Å²) in [5.41, 5.74) is -0.704. The minimum absolute atomic E-state index is 0.464. The first-order valence-electron chi connectivity index (χ1n) is 2.86. The van der Waals surface area contributed by atoms with Crippen LogP contribution in [0.1, 0.15) is 0 Å². The van der Waals surface area contributed by atoms with Gasteiger partial charge in [-0.05, 0) is 6.07 Å². The molecule has 0 aliphatic carbocycles. The molecular weight excluding hydrogens is 184 g/mol. The molecule has 1 aromatic rings. The Morgan fingerprint density at radius 2 is 2.08 bits per heavy atom. The lowest BCUT2D eigenvalue weighted by Gasteiger charge is -1.97. The second-order valence-electron chi connectivity index (χ2n) is 2.08. The second-order valence-corrected chi connectivity index (χ2v) is 3.50. The zero-order valence-corrected chi connectivity index (χ0v) is 6.65. The molecule has 6 nitrogen and oxygen atoms in total. The first kappa shape index (κ1) is 8.75. The highest BCUT2D eigenvalue weighted by molar-refractivity contribution is 7.85. The van der Waals surface area contributed by atoms with Gasteiger partial charge in [-0.1, -0.05) is 0 Å². The monoisotopic (exact) mass is 190 g/mol. The summed E-state index contributed by atoms with van der Waals surface area (Å²) < 4.78 is 30.1. The molecule has 0 saturated heterocycles. The van der Waals surface area contributed by atoms with Gasteiger partial charge in [-0.2, -0.15) is 8.42 Å². The maximum Gasteiger partial charge on any atom is 0.294 e. The van der Waals surface area contributed by atoms with Crippen LogP contribution in [0.3, 0.4) is 0 Å². The summed E-state index contributed by atoms with van der Waals surface area (Å²) in [6.07, 6.45) is 1.05. The topological polar surface area (TPSA) is 102 Å². The SMILES string of the molecule is Nn1ccc(S(=O)(=O)O)cc1=O. The van der Waals surface area contributed by atoms with Gasteiger partial charge < -0.3 is 5.84 Å². The zero-order valence-electron chi connectivity index (χ0n) is 5.84. The standard InChI is InChI=1S/C5H6N2O4S/c6-7-2-1-4(3-5(7)8)12(9,10)11/h1-3H,6H2,(H,9,10,11). The molecule has 66 valence electrons. The van der Waals surface area contributed by atoms with E-state index < -0.39 is 20.6 Å². The third-order valence-electron chi connectivity index (χ3n) is 1.22. The van der Waals surface area contributed by atoms with Gasteiger partial charge in [-0.3, -0.25) is 9.35 Å². The highest BCUT2D eigenvalue weighted by Gasteiger charge is 2.09. The summed E-state index contributed by atoms with van der Waals surface area (Å²) in [7, 11) is -4.31. The van der Waals surface area contributed by atoms with Gasteiger partial charge in [0.05, 0.1) is 0 Å². The van der Waals surface area contributed by atoms with Crippen LogP contribution in [0, 0.1) is 0 Å². The van der Waals surface area contributed by atoms with Crippen molar-refractivity contribution in [3.8, 4) is 0 Å². The molecule has 7 heteroatoms. The van der Waals surface area contributed by atoms with Gasteiger partial charge in [0.1, 0.15) is 4.90 Å². The molecule has 0 aromatic carbocycles. The fourth-order valence-corrected chi connectivity index (χ4v) is 1.11. The van der Waals surface area contributed by atoms with Crippen molar-refractivity contribution in [3.05, 3.63) is 28.7 Å². The number of hydrogen-bond donors (Lipinski definition) is 2. The number of rotatable bonds is 1. The summed E-state index contributed by atoms with van der Waals surface area (Å²) in [6, 6.07) is 1.76. The van der Waals surface area contributed by atoms with Gasteiger partial charge in [0.2, 0.25) is 0 Å². The number of pyridine rings is 1. The maximum atomic E-state index is 10.7. The second kappa shape index (κ2) is 2.61. The Kier molecular flexibility index (Phi) is 1.90. The number of nitrogen functional groups attached to an aromatic ring is 1. The molecule has 0 amide bonds. The Morgan fingerprint density at radius 3 is 2.50 bits per heavy atom. The minimum Gasteiger partial charge on any atom is -0.336 e. The first-order chi connectivity index (χ1) is 5.41. The molecule has 0 aliphatic rings. The fourth-order valence-electron chi connectivity index (χ4n) is 0.632. The number of nitrogens with two attached hydrogens (primary N) is 1. The van der Waals surface area contributed by atoms with Crippen LogP contribution in [0.25, 0.3) is 0 Å². The highest BCUT2D eigenvalue weighted by Crippen LogP contribution is 2.02. The van der Waals surface area contributed by atoms with Crippen LogP contribution in [-0.4, -0.2) is 17.6 Å². The van der Waals surface area contributed by atoms with Gasteiger partial charge in [-0.15, -0.1) is 0 Å². The Morgan fingerprint density at radius 1 is 1.50 bits per heavy atom. The van der Waals surface area contributed by atoms with Crippen molar-refractivity contribution in [2.45, 2.75) is 4.90 Å². The van der Waals surface area contributed by atoms with Crippen LogP contribution in [0.2, 0.25) is 0 Å². The lowest BCUT2D eigenvalue weighted by Crippen LogP contribution is -2.26. The number of nitrogens with zero attached hydrogens (tertiary/aromatic N) is 1. The molecule has 0 bridgehead atoms. The van der Waals surface area contributed by atoms with Gasteiger partial charge in [-0.25, -0.2) is 4.68 Å². The molecule has 1 rings (SSSR count). The Bertz CT molecular complexity index is 447. The van der Waals surface area contributed by atoms with E-state index in [4.69, 9.17) is 10.4 Å². The molecule has 0 radical (unpaired) electrons. The summed E-state index contributed by atoms with van der Waals surface area (Å²) in [6.45, 7) is 0. The van der Waals surface area contributed by atoms with Crippen LogP contribution in [0.4, 0.5) is 0 Å². The maximum absolute atomic E-state index is 10.7. The molecule has 0 aliphatic heterocycles. The van der Waals surface area contributed by atoms with E-state index in [1.807, 2.05) is 0 Å². The largest absolute Gasteiger partial charge is 0.336 e. The van der Waals surface area contributed by atoms with E-state index in [1.54, 1.807) is 0 Å². The molecule has 0 atom stereocenters. The normalized spacial score (nSPS) is 11.4. The lowest BCUT2D eigenvalue weighted by atomic mass is 10.5. The number of aromatic nitrogens is 1. The Labute approximate surface area is 68.0 Å². The summed E-state index contributed by atoms with van der Waals surface area (Å²) in [5, 5.41) is 0. The summed E-state index contributed by atoms with van der Waals surface area (Å²) >= 11 is 0. The molecule has 1 heterocycles. The quantitative estimate of drug-likeness (QED) is 0.428. The van der Waals surface area contributed by atoms with Crippen LogP contribution in [0.15, 0.2) is 28.0 Å². The predicted molar refractivity (Wildman–Crippen MR) is 40.7 cm³/mol. The molecular formula is C5H6N2O4S. The van der Waals surface area contributed by atoms with E-state index in [1.165, 1.54) is 0 Å². The molecule has 3 N–H and O–H groups in total. The molecule has 0 saturated carbocycles. The van der Waals surface area contributed by atoms with E-state index >= 15 is 0 Å². The van der Waals surface area contributed by atoms with Crippen molar-refractivity contribution >= 4 is 10.1 Å². The van der Waals surface area contributed by atoms with E-state index in [2.05, 4.69) is 0 Å². The van der Waals surface area contributed by atoms with Crippen LogP contribution in [-0.2, 0) is 10.1 Å². The van der Waals surface area contributed by atoms with Crippen LogP contribution in [0.5, 0.6) is 0 Å². The van der Waals surface area contributed by atoms with E-state index in [0.717, 1.165) is 18.3 Å². The third-order valence-corrected chi connectivity index (χ3v) is 2.07. The fraction of sp³-hybridized carbons (Fsp3) is 0. The van der Waals surface area contributed by atoms with Crippen molar-refractivity contribution in [1.29, 1.82) is 0 Å². The predicted octanol–water partition coefficient (Wildman–Crippen LogP) is -1.19. The summed E-state index contributed by atoms with van der Waals surface area (Å²) in [5.74, 6) is 5.06. The molecule has 1 aromatic heterocycles. The molecule has 12 heavy (non-hydrogen) atoms. The van der Waals surface area contributed by atoms with Gasteiger partial charge in [0, 0.05) is 12.3 Å². The van der Waals surface area contributed by atoms with Crippen molar-refractivity contribution in [2.24, 2.45) is 0 Å². The highest BCUT2D eigenvalue weighted by atomic mass is 32.2. The van der Waals surface area contributed by atoms with Crippen molar-refractivity contribution in [3.63, 3.8) is 0 Å². The van der Waals surface area contributed by atoms with Gasteiger partial charge in [0.15, 0.2) is 0 Å². The Hall–Kier alpha value is -1.34. The first-order valence-corrected chi connectivity index (χ1v) is 4.30. The number of hydrogen-bond acceptors (Lipinski definition) is 4. The zero-order chi connectivity index (χ0) is 9.35. The van der Waals surface area contributed by atoms with Gasteiger partial charge >= 0.3 is 0 Å².